The van der Waals surface area contributed by atoms with Gasteiger partial charge in [-0.1, -0.05) is 0 Å². The summed E-state index contributed by atoms with van der Waals surface area (Å²) in [5.74, 6) is -1.62. The number of likely N-dealkylation sites (N-methyl/N-ethyl adjacent to an activating group) is 1. The van der Waals surface area contributed by atoms with Gasteiger partial charge in [0, 0.05) is 0 Å². The molecule has 2 atom stereocenters. The van der Waals surface area contributed by atoms with Crippen molar-refractivity contribution in [3.8, 4) is 0 Å². The molecule has 0 fully saturated rings. The molecule has 2 N–H and O–H groups in total. The molecule has 0 saturated heterocycles. The summed E-state index contributed by atoms with van der Waals surface area (Å²) in [6, 6.07) is -1.84. The van der Waals surface area contributed by atoms with E-state index in [2.05, 4.69) is 0 Å². The molecule has 0 aliphatic heterocycles. The zero-order chi connectivity index (χ0) is 9.02. The minimum absolute atomic E-state index is 1.10. The third-order valence-electron chi connectivity index (χ3n) is 1.14. The molecular formula is C5H8F3NO2. The van der Waals surface area contributed by atoms with Crippen LogP contribution >= 0.6 is 0 Å². The van der Waals surface area contributed by atoms with Crippen molar-refractivity contribution in [1.29, 1.82) is 0 Å². The molecule has 0 bridgehead atoms. The van der Waals surface area contributed by atoms with Crippen LogP contribution in [0.3, 0.4) is 0 Å². The Morgan fingerprint density at radius 3 is 2.00 bits per heavy atom. The first-order valence-electron chi connectivity index (χ1n) is 2.83. The Kier molecular flexibility index (Phi) is 3.88. The number of hydrogen-bond acceptors (Lipinski definition) is 2. The van der Waals surface area contributed by atoms with Crippen molar-refractivity contribution in [2.24, 2.45) is 0 Å². The van der Waals surface area contributed by atoms with E-state index in [-0.39, 0.29) is 0 Å². The van der Waals surface area contributed by atoms with Crippen molar-refractivity contribution in [2.45, 2.75) is 18.6 Å². The summed E-state index contributed by atoms with van der Waals surface area (Å²) in [6.07, 6.45) is -5.94. The number of alkyl halides is 3. The van der Waals surface area contributed by atoms with Crippen LogP contribution in [0, 0.1) is 0 Å². The Morgan fingerprint density at radius 2 is 1.91 bits per heavy atom. The topological polar surface area (TPSA) is 49.3 Å². The van der Waals surface area contributed by atoms with Crippen LogP contribution in [-0.4, -0.2) is 36.8 Å². The zero-order valence-electron chi connectivity index (χ0n) is 5.72. The van der Waals surface area contributed by atoms with E-state index in [9.17, 15) is 18.0 Å². The first kappa shape index (κ1) is 10.2. The Hall–Kier alpha value is -0.780. The molecule has 0 aliphatic carbocycles. The molecule has 0 heterocycles. The predicted octanol–water partition coefficient (Wildman–Crippen LogP) is 0.262. The molecule has 11 heavy (non-hydrogen) atoms. The number of aliphatic carboxylic acids is 1. The molecule has 0 aliphatic rings. The number of carbonyl (C=O) groups is 1. The van der Waals surface area contributed by atoms with Gasteiger partial charge >= 0.3 is 5.97 Å². The van der Waals surface area contributed by atoms with Crippen molar-refractivity contribution in [2.75, 3.05) is 7.05 Å². The first-order valence-corrected chi connectivity index (χ1v) is 2.83. The Morgan fingerprint density at radius 1 is 1.45 bits per heavy atom. The van der Waals surface area contributed by atoms with Gasteiger partial charge in [0.2, 0.25) is 0 Å². The average molecular weight is 171 g/mol. The summed E-state index contributed by atoms with van der Waals surface area (Å²) >= 11 is 0. The Labute approximate surface area is 61.2 Å². The van der Waals surface area contributed by atoms with Crippen molar-refractivity contribution in [3.05, 3.63) is 0 Å². The van der Waals surface area contributed by atoms with Gasteiger partial charge in [-0.05, 0) is 7.05 Å². The molecule has 0 amide bonds. The summed E-state index contributed by atoms with van der Waals surface area (Å²) in [5.41, 5.74) is 0. The van der Waals surface area contributed by atoms with Crippen LogP contribution in [0.15, 0.2) is 0 Å². The van der Waals surface area contributed by atoms with E-state index >= 15 is 0 Å². The Bertz CT molecular complexity index is 142. The predicted molar refractivity (Wildman–Crippen MR) is 31.4 cm³/mol. The van der Waals surface area contributed by atoms with Crippen LogP contribution in [0.1, 0.15) is 0 Å². The second kappa shape index (κ2) is 4.17. The van der Waals surface area contributed by atoms with Gasteiger partial charge in [-0.2, -0.15) is 0 Å². The largest absolute Gasteiger partial charge is 0.480 e. The first-order chi connectivity index (χ1) is 5.00. The van der Waals surface area contributed by atoms with Crippen LogP contribution in [0.4, 0.5) is 13.2 Å². The van der Waals surface area contributed by atoms with Gasteiger partial charge in [-0.25, -0.2) is 13.2 Å². The molecule has 3 nitrogen and oxygen atoms in total. The number of carboxylic acid groups (broad SMARTS) is 1. The van der Waals surface area contributed by atoms with E-state index in [4.69, 9.17) is 5.11 Å². The highest BCUT2D eigenvalue weighted by Crippen LogP contribution is 2.09. The molecule has 66 valence electrons. The van der Waals surface area contributed by atoms with Crippen LogP contribution in [0.2, 0.25) is 0 Å². The lowest BCUT2D eigenvalue weighted by Gasteiger charge is -2.14. The zero-order valence-corrected chi connectivity index (χ0v) is 5.72. The molecule has 0 aromatic carbocycles. The highest BCUT2D eigenvalue weighted by Gasteiger charge is 2.33. The van der Waals surface area contributed by atoms with Crippen LogP contribution in [0.25, 0.3) is 0 Å². The minimum Gasteiger partial charge on any atom is -0.480 e. The molecule has 0 spiro atoms. The number of hydrogen-bond donors (Lipinski definition) is 2. The lowest BCUT2D eigenvalue weighted by atomic mass is 10.2. The van der Waals surface area contributed by atoms with Gasteiger partial charge in [0.1, 0.15) is 6.04 Å². The summed E-state index contributed by atoms with van der Waals surface area (Å²) in [6.45, 7) is 0. The van der Waals surface area contributed by atoms with Crippen LogP contribution in [0.5, 0.6) is 0 Å². The highest BCUT2D eigenvalue weighted by atomic mass is 19.3. The molecule has 0 radical (unpaired) electrons. The third kappa shape index (κ3) is 2.75. The van der Waals surface area contributed by atoms with Crippen molar-refractivity contribution in [1.82, 2.24) is 5.32 Å². The van der Waals surface area contributed by atoms with E-state index in [1.807, 2.05) is 5.32 Å². The monoisotopic (exact) mass is 171 g/mol. The summed E-state index contributed by atoms with van der Waals surface area (Å²) in [4.78, 5) is 10.0. The quantitative estimate of drug-likeness (QED) is 0.638. The lowest BCUT2D eigenvalue weighted by Crippen LogP contribution is -2.45. The molecule has 0 saturated carbocycles. The van der Waals surface area contributed by atoms with E-state index in [0.717, 1.165) is 7.05 Å². The molecule has 6 heteroatoms. The number of nitrogens with one attached hydrogen (secondary N) is 1. The van der Waals surface area contributed by atoms with Crippen LogP contribution < -0.4 is 5.32 Å². The van der Waals surface area contributed by atoms with Crippen molar-refractivity contribution >= 4 is 5.97 Å². The molecule has 0 rings (SSSR count). The van der Waals surface area contributed by atoms with Gasteiger partial charge in [0.15, 0.2) is 6.17 Å². The summed E-state index contributed by atoms with van der Waals surface area (Å²) in [5, 5.41) is 10.1. The fourth-order valence-electron chi connectivity index (χ4n) is 0.564. The maximum atomic E-state index is 12.2. The van der Waals surface area contributed by atoms with Gasteiger partial charge in [0.05, 0.1) is 0 Å². The number of rotatable bonds is 4. The summed E-state index contributed by atoms with van der Waals surface area (Å²) in [7, 11) is 1.10. The van der Waals surface area contributed by atoms with Gasteiger partial charge in [-0.3, -0.25) is 4.79 Å². The van der Waals surface area contributed by atoms with E-state index < -0.39 is 24.6 Å². The van der Waals surface area contributed by atoms with Crippen LogP contribution in [-0.2, 0) is 4.79 Å². The SMILES string of the molecule is CNC(C(=O)O)C(F)C(F)F. The Balaban J connectivity index is 4.14. The van der Waals surface area contributed by atoms with Gasteiger partial charge in [0.25, 0.3) is 6.43 Å². The van der Waals surface area contributed by atoms with E-state index in [1.54, 1.807) is 0 Å². The maximum Gasteiger partial charge on any atom is 0.323 e. The summed E-state index contributed by atoms with van der Waals surface area (Å²) < 4.78 is 35.3. The second-order valence-electron chi connectivity index (χ2n) is 1.88. The van der Waals surface area contributed by atoms with Gasteiger partial charge in [-0.15, -0.1) is 0 Å². The molecule has 2 unspecified atom stereocenters. The fraction of sp³-hybridized carbons (Fsp3) is 0.800. The minimum atomic E-state index is -3.27. The average Bonchev–Trinajstić information content (AvgIpc) is 1.88. The normalized spacial score (nSPS) is 16.5. The number of halogens is 3. The smallest absolute Gasteiger partial charge is 0.323 e. The number of carboxylic acids is 1. The molecular weight excluding hydrogens is 163 g/mol. The lowest BCUT2D eigenvalue weighted by molar-refractivity contribution is -0.143. The third-order valence-corrected chi connectivity index (χ3v) is 1.14. The van der Waals surface area contributed by atoms with Crippen molar-refractivity contribution < 1.29 is 23.1 Å². The fourth-order valence-corrected chi connectivity index (χ4v) is 0.564. The van der Waals surface area contributed by atoms with E-state index in [1.165, 1.54) is 0 Å². The standard InChI is InChI=1S/C5H8F3NO2/c1-9-3(5(10)11)2(6)4(7)8/h2-4,9H,1H3,(H,10,11). The second-order valence-corrected chi connectivity index (χ2v) is 1.88. The maximum absolute atomic E-state index is 12.2. The van der Waals surface area contributed by atoms with Crippen molar-refractivity contribution in [3.63, 3.8) is 0 Å². The highest BCUT2D eigenvalue weighted by molar-refractivity contribution is 5.74. The van der Waals surface area contributed by atoms with Gasteiger partial charge < -0.3 is 10.4 Å². The molecule has 0 aromatic rings. The molecule has 0 aromatic heterocycles. The van der Waals surface area contributed by atoms with E-state index in [0.29, 0.717) is 0 Å².